The molecule has 4 heteroatoms. The third kappa shape index (κ3) is 2.76. The van der Waals surface area contributed by atoms with Gasteiger partial charge in [0.05, 0.1) is 18.2 Å². The highest BCUT2D eigenvalue weighted by Gasteiger charge is 2.13. The number of rotatable bonds is 4. The van der Waals surface area contributed by atoms with Gasteiger partial charge in [-0.15, -0.1) is 0 Å². The highest BCUT2D eigenvalue weighted by atomic mass is 35.5. The van der Waals surface area contributed by atoms with Crippen LogP contribution in [-0.2, 0) is 0 Å². The van der Waals surface area contributed by atoms with Crippen LogP contribution in [-0.4, -0.2) is 17.3 Å². The van der Waals surface area contributed by atoms with Gasteiger partial charge in [0.1, 0.15) is 0 Å². The van der Waals surface area contributed by atoms with Crippen molar-refractivity contribution in [2.75, 3.05) is 7.11 Å². The number of halogens is 1. The molecule has 0 bridgehead atoms. The van der Waals surface area contributed by atoms with Crippen LogP contribution < -0.4 is 4.74 Å². The SMILES string of the molecule is CCCC(O)c1cc(Cl)c(O)c(OC)c1. The number of aromatic hydroxyl groups is 1. The van der Waals surface area contributed by atoms with Gasteiger partial charge < -0.3 is 14.9 Å². The maximum atomic E-state index is 9.76. The second-order valence-electron chi connectivity index (χ2n) is 3.36. The summed E-state index contributed by atoms with van der Waals surface area (Å²) in [5.41, 5.74) is 0.663. The average Bonchev–Trinajstić information content (AvgIpc) is 2.22. The van der Waals surface area contributed by atoms with E-state index in [2.05, 4.69) is 0 Å². The Morgan fingerprint density at radius 3 is 2.67 bits per heavy atom. The van der Waals surface area contributed by atoms with Crippen molar-refractivity contribution in [1.82, 2.24) is 0 Å². The number of phenols is 1. The largest absolute Gasteiger partial charge is 0.503 e. The Morgan fingerprint density at radius 2 is 2.13 bits per heavy atom. The first-order chi connectivity index (χ1) is 7.10. The minimum absolute atomic E-state index is 0.0911. The second-order valence-corrected chi connectivity index (χ2v) is 3.77. The second kappa shape index (κ2) is 5.24. The van der Waals surface area contributed by atoms with E-state index >= 15 is 0 Å². The van der Waals surface area contributed by atoms with Crippen LogP contribution in [0.1, 0.15) is 31.4 Å². The Kier molecular flexibility index (Phi) is 4.24. The predicted molar refractivity (Wildman–Crippen MR) is 59.5 cm³/mol. The molecule has 0 aliphatic carbocycles. The zero-order valence-corrected chi connectivity index (χ0v) is 9.58. The molecular weight excluding hydrogens is 216 g/mol. The normalized spacial score (nSPS) is 12.5. The van der Waals surface area contributed by atoms with E-state index in [0.29, 0.717) is 12.0 Å². The van der Waals surface area contributed by atoms with E-state index in [9.17, 15) is 10.2 Å². The van der Waals surface area contributed by atoms with Crippen LogP contribution in [0.2, 0.25) is 5.02 Å². The summed E-state index contributed by atoms with van der Waals surface area (Å²) in [5, 5.41) is 19.4. The maximum absolute atomic E-state index is 9.76. The first kappa shape index (κ1) is 12.1. The Morgan fingerprint density at radius 1 is 1.47 bits per heavy atom. The Hall–Kier alpha value is -0.930. The predicted octanol–water partition coefficient (Wildman–Crippen LogP) is 2.89. The molecule has 0 saturated carbocycles. The molecule has 84 valence electrons. The summed E-state index contributed by atoms with van der Waals surface area (Å²) in [6, 6.07) is 3.15. The molecule has 1 atom stereocenters. The van der Waals surface area contributed by atoms with E-state index in [-0.39, 0.29) is 16.5 Å². The van der Waals surface area contributed by atoms with E-state index in [4.69, 9.17) is 16.3 Å². The summed E-state index contributed by atoms with van der Waals surface area (Å²) in [4.78, 5) is 0. The molecule has 0 amide bonds. The summed E-state index contributed by atoms with van der Waals surface area (Å²) in [6.45, 7) is 1.99. The zero-order chi connectivity index (χ0) is 11.4. The molecule has 0 saturated heterocycles. The number of benzene rings is 1. The van der Waals surface area contributed by atoms with Gasteiger partial charge in [0, 0.05) is 0 Å². The zero-order valence-electron chi connectivity index (χ0n) is 8.83. The first-order valence-corrected chi connectivity index (χ1v) is 5.22. The smallest absolute Gasteiger partial charge is 0.176 e. The number of hydrogen-bond acceptors (Lipinski definition) is 3. The molecule has 0 spiro atoms. The standard InChI is InChI=1S/C11H15ClO3/c1-3-4-9(13)7-5-8(12)11(14)10(6-7)15-2/h5-6,9,13-14H,3-4H2,1-2H3. The average molecular weight is 231 g/mol. The topological polar surface area (TPSA) is 49.7 Å². The van der Waals surface area contributed by atoms with Crippen molar-refractivity contribution in [2.24, 2.45) is 0 Å². The molecule has 1 aromatic carbocycles. The maximum Gasteiger partial charge on any atom is 0.176 e. The number of hydrogen-bond donors (Lipinski definition) is 2. The molecule has 0 radical (unpaired) electrons. The molecule has 1 rings (SSSR count). The van der Waals surface area contributed by atoms with Crippen molar-refractivity contribution in [3.8, 4) is 11.5 Å². The van der Waals surface area contributed by atoms with Gasteiger partial charge in [-0.1, -0.05) is 24.9 Å². The van der Waals surface area contributed by atoms with Gasteiger partial charge in [0.2, 0.25) is 0 Å². The van der Waals surface area contributed by atoms with Crippen LogP contribution in [0.4, 0.5) is 0 Å². The van der Waals surface area contributed by atoms with Crippen molar-refractivity contribution in [3.05, 3.63) is 22.7 Å². The monoisotopic (exact) mass is 230 g/mol. The van der Waals surface area contributed by atoms with Crippen LogP contribution in [0.15, 0.2) is 12.1 Å². The van der Waals surface area contributed by atoms with Crippen molar-refractivity contribution in [1.29, 1.82) is 0 Å². The lowest BCUT2D eigenvalue weighted by Crippen LogP contribution is -1.97. The molecule has 0 aliphatic heterocycles. The molecule has 0 fully saturated rings. The van der Waals surface area contributed by atoms with E-state index in [1.54, 1.807) is 12.1 Å². The lowest BCUT2D eigenvalue weighted by molar-refractivity contribution is 0.166. The minimum atomic E-state index is -0.568. The van der Waals surface area contributed by atoms with Crippen LogP contribution in [0, 0.1) is 0 Å². The summed E-state index contributed by atoms with van der Waals surface area (Å²) in [7, 11) is 1.45. The Balaban J connectivity index is 3.05. The van der Waals surface area contributed by atoms with Crippen molar-refractivity contribution < 1.29 is 14.9 Å². The van der Waals surface area contributed by atoms with Gasteiger partial charge >= 0.3 is 0 Å². The molecular formula is C11H15ClO3. The Labute approximate surface area is 94.3 Å². The molecule has 0 heterocycles. The van der Waals surface area contributed by atoms with Gasteiger partial charge in [-0.2, -0.15) is 0 Å². The number of aliphatic hydroxyl groups is 1. The fraction of sp³-hybridized carbons (Fsp3) is 0.455. The summed E-state index contributed by atoms with van der Waals surface area (Å²) < 4.78 is 4.95. The minimum Gasteiger partial charge on any atom is -0.503 e. The number of aliphatic hydroxyl groups excluding tert-OH is 1. The number of ether oxygens (including phenoxy) is 1. The lowest BCUT2D eigenvalue weighted by atomic mass is 10.0. The van der Waals surface area contributed by atoms with Crippen molar-refractivity contribution in [3.63, 3.8) is 0 Å². The van der Waals surface area contributed by atoms with Crippen molar-refractivity contribution >= 4 is 11.6 Å². The molecule has 0 aromatic heterocycles. The van der Waals surface area contributed by atoms with Gasteiger partial charge in [-0.05, 0) is 24.1 Å². The first-order valence-electron chi connectivity index (χ1n) is 4.84. The fourth-order valence-electron chi connectivity index (χ4n) is 1.38. The lowest BCUT2D eigenvalue weighted by Gasteiger charge is -2.13. The summed E-state index contributed by atoms with van der Waals surface area (Å²) >= 11 is 5.80. The van der Waals surface area contributed by atoms with Crippen LogP contribution in [0.5, 0.6) is 11.5 Å². The van der Waals surface area contributed by atoms with Crippen LogP contribution in [0.3, 0.4) is 0 Å². The molecule has 1 unspecified atom stereocenters. The van der Waals surface area contributed by atoms with Crippen molar-refractivity contribution in [2.45, 2.75) is 25.9 Å². The van der Waals surface area contributed by atoms with Gasteiger partial charge in [0.25, 0.3) is 0 Å². The highest BCUT2D eigenvalue weighted by molar-refractivity contribution is 6.32. The van der Waals surface area contributed by atoms with Gasteiger partial charge in [-0.3, -0.25) is 0 Å². The quantitative estimate of drug-likeness (QED) is 0.836. The molecule has 3 nitrogen and oxygen atoms in total. The fourth-order valence-corrected chi connectivity index (χ4v) is 1.60. The van der Waals surface area contributed by atoms with E-state index in [1.807, 2.05) is 6.92 Å². The third-order valence-electron chi connectivity index (χ3n) is 2.22. The molecule has 15 heavy (non-hydrogen) atoms. The van der Waals surface area contributed by atoms with Crippen LogP contribution in [0.25, 0.3) is 0 Å². The van der Waals surface area contributed by atoms with E-state index in [0.717, 1.165) is 6.42 Å². The summed E-state index contributed by atoms with van der Waals surface area (Å²) in [6.07, 6.45) is 0.966. The molecule has 1 aromatic rings. The highest BCUT2D eigenvalue weighted by Crippen LogP contribution is 2.37. The van der Waals surface area contributed by atoms with E-state index < -0.39 is 6.10 Å². The number of methoxy groups -OCH3 is 1. The number of phenolic OH excluding ortho intramolecular Hbond substituents is 1. The van der Waals surface area contributed by atoms with Gasteiger partial charge in [-0.25, -0.2) is 0 Å². The van der Waals surface area contributed by atoms with Crippen LogP contribution >= 0.6 is 11.6 Å². The van der Waals surface area contributed by atoms with Gasteiger partial charge in [0.15, 0.2) is 11.5 Å². The molecule has 0 aliphatic rings. The van der Waals surface area contributed by atoms with E-state index in [1.165, 1.54) is 7.11 Å². The summed E-state index contributed by atoms with van der Waals surface area (Å²) in [5.74, 6) is 0.194. The molecule has 2 N–H and O–H groups in total. The Bertz CT molecular complexity index is 339. The third-order valence-corrected chi connectivity index (χ3v) is 2.51.